The fraction of sp³-hybridized carbons (Fsp3) is 0.692. The summed E-state index contributed by atoms with van der Waals surface area (Å²) in [5.74, 6) is 2.22. The molecule has 1 unspecified atom stereocenters. The van der Waals surface area contributed by atoms with E-state index < -0.39 is 5.97 Å². The van der Waals surface area contributed by atoms with Gasteiger partial charge in [-0.25, -0.2) is 9.78 Å². The average molecular weight is 251 g/mol. The van der Waals surface area contributed by atoms with Gasteiger partial charge >= 0.3 is 5.97 Å². The Balaban J connectivity index is 2.26. The molecule has 1 aromatic rings. The Morgan fingerprint density at radius 3 is 2.78 bits per heavy atom. The van der Waals surface area contributed by atoms with Crippen LogP contribution in [-0.2, 0) is 17.7 Å². The highest BCUT2D eigenvalue weighted by atomic mass is 16.5. The number of hydrogen-bond donors (Lipinski definition) is 1. The molecule has 1 aliphatic rings. The second kappa shape index (κ2) is 5.00. The average Bonchev–Trinajstić information content (AvgIpc) is 3.16. The number of hydrogen-bond acceptors (Lipinski definition) is 4. The fourth-order valence-corrected chi connectivity index (χ4v) is 2.34. The molecule has 1 atom stereocenters. The van der Waals surface area contributed by atoms with Crippen molar-refractivity contribution in [3.05, 3.63) is 11.5 Å². The monoisotopic (exact) mass is 251 g/mol. The number of nitrogens with two attached hydrogens (primary N) is 1. The number of aryl methyl sites for hydroxylation is 1. The predicted octanol–water partition coefficient (Wildman–Crippen LogP) is 1.86. The number of aromatic nitrogens is 2. The Morgan fingerprint density at radius 2 is 2.28 bits per heavy atom. The quantitative estimate of drug-likeness (QED) is 0.811. The van der Waals surface area contributed by atoms with Crippen molar-refractivity contribution in [1.29, 1.82) is 0 Å². The number of ether oxygens (including phenoxy) is 1. The van der Waals surface area contributed by atoms with E-state index in [1.165, 1.54) is 20.0 Å². The van der Waals surface area contributed by atoms with Crippen molar-refractivity contribution in [2.24, 2.45) is 11.8 Å². The third-order valence-corrected chi connectivity index (χ3v) is 3.68. The molecule has 5 nitrogen and oxygen atoms in total. The van der Waals surface area contributed by atoms with Crippen molar-refractivity contribution < 1.29 is 9.53 Å². The van der Waals surface area contributed by atoms with Gasteiger partial charge in [0.2, 0.25) is 0 Å². The van der Waals surface area contributed by atoms with E-state index in [2.05, 4.69) is 11.9 Å². The lowest BCUT2D eigenvalue weighted by Crippen LogP contribution is -2.15. The summed E-state index contributed by atoms with van der Waals surface area (Å²) < 4.78 is 6.67. The first kappa shape index (κ1) is 12.9. The van der Waals surface area contributed by atoms with Crippen LogP contribution in [0.3, 0.4) is 0 Å². The number of esters is 1. The number of methoxy groups -OCH3 is 1. The number of carbonyl (C=O) groups is 1. The summed E-state index contributed by atoms with van der Waals surface area (Å²) in [6.45, 7) is 5.08. The number of nitrogens with zero attached hydrogens (tertiary/aromatic N) is 2. The van der Waals surface area contributed by atoms with Crippen LogP contribution in [0.25, 0.3) is 0 Å². The van der Waals surface area contributed by atoms with Gasteiger partial charge in [0.25, 0.3) is 0 Å². The summed E-state index contributed by atoms with van der Waals surface area (Å²) in [7, 11) is 1.35. The molecule has 0 bridgehead atoms. The number of carbonyl (C=O) groups excluding carboxylic acids is 1. The van der Waals surface area contributed by atoms with Crippen LogP contribution in [0.15, 0.2) is 0 Å². The smallest absolute Gasteiger partial charge is 0.360 e. The third kappa shape index (κ3) is 2.35. The van der Waals surface area contributed by atoms with Crippen LogP contribution in [0.5, 0.6) is 0 Å². The zero-order valence-corrected chi connectivity index (χ0v) is 11.3. The summed E-state index contributed by atoms with van der Waals surface area (Å²) in [6.07, 6.45) is 3.38. The van der Waals surface area contributed by atoms with Gasteiger partial charge in [0.15, 0.2) is 5.69 Å². The molecular formula is C13H21N3O2. The summed E-state index contributed by atoms with van der Waals surface area (Å²) in [4.78, 5) is 15.9. The van der Waals surface area contributed by atoms with Crippen molar-refractivity contribution >= 4 is 11.8 Å². The lowest BCUT2D eigenvalue weighted by atomic mass is 10.1. The number of anilines is 1. The van der Waals surface area contributed by atoms with Crippen molar-refractivity contribution in [3.63, 3.8) is 0 Å². The summed E-state index contributed by atoms with van der Waals surface area (Å²) in [5.41, 5.74) is 6.27. The first-order chi connectivity index (χ1) is 8.58. The van der Waals surface area contributed by atoms with E-state index in [1.54, 1.807) is 0 Å². The number of imidazole rings is 1. The van der Waals surface area contributed by atoms with E-state index in [1.807, 2.05) is 11.5 Å². The summed E-state index contributed by atoms with van der Waals surface area (Å²) >= 11 is 0. The Morgan fingerprint density at radius 1 is 1.61 bits per heavy atom. The topological polar surface area (TPSA) is 70.1 Å². The molecular weight excluding hydrogens is 230 g/mol. The Labute approximate surface area is 107 Å². The van der Waals surface area contributed by atoms with Gasteiger partial charge in [-0.05, 0) is 24.7 Å². The van der Waals surface area contributed by atoms with E-state index in [0.29, 0.717) is 11.7 Å². The largest absolute Gasteiger partial charge is 0.464 e. The van der Waals surface area contributed by atoms with Crippen LogP contribution < -0.4 is 5.73 Å². The van der Waals surface area contributed by atoms with E-state index >= 15 is 0 Å². The molecule has 5 heteroatoms. The second-order valence-electron chi connectivity index (χ2n) is 5.03. The van der Waals surface area contributed by atoms with Gasteiger partial charge in [0, 0.05) is 13.0 Å². The van der Waals surface area contributed by atoms with Crippen molar-refractivity contribution in [3.8, 4) is 0 Å². The molecule has 18 heavy (non-hydrogen) atoms. The summed E-state index contributed by atoms with van der Waals surface area (Å²) in [6, 6.07) is 0. The van der Waals surface area contributed by atoms with Crippen LogP contribution in [-0.4, -0.2) is 22.6 Å². The standard InChI is InChI=1S/C13H21N3O2/c1-4-10-15-11(13(17)18-3)12(14)16(10)7-8(2)9-5-6-9/h8-9H,4-7,14H2,1-3H3. The van der Waals surface area contributed by atoms with Crippen LogP contribution in [0.4, 0.5) is 5.82 Å². The van der Waals surface area contributed by atoms with Crippen molar-refractivity contribution in [2.75, 3.05) is 12.8 Å². The second-order valence-corrected chi connectivity index (χ2v) is 5.03. The third-order valence-electron chi connectivity index (χ3n) is 3.68. The van der Waals surface area contributed by atoms with Crippen LogP contribution in [0.1, 0.15) is 43.0 Å². The van der Waals surface area contributed by atoms with E-state index in [-0.39, 0.29) is 5.69 Å². The first-order valence-electron chi connectivity index (χ1n) is 6.51. The maximum atomic E-state index is 11.6. The molecule has 1 aliphatic carbocycles. The first-order valence-corrected chi connectivity index (χ1v) is 6.51. The van der Waals surface area contributed by atoms with Crippen LogP contribution in [0.2, 0.25) is 0 Å². The van der Waals surface area contributed by atoms with Gasteiger partial charge in [-0.1, -0.05) is 13.8 Å². The molecule has 1 saturated carbocycles. The molecule has 1 heterocycles. The highest BCUT2D eigenvalue weighted by molar-refractivity contribution is 5.92. The molecule has 0 radical (unpaired) electrons. The lowest BCUT2D eigenvalue weighted by molar-refractivity contribution is 0.0595. The SMILES string of the molecule is CCc1nc(C(=O)OC)c(N)n1CC(C)C1CC1. The minimum Gasteiger partial charge on any atom is -0.464 e. The highest BCUT2D eigenvalue weighted by Gasteiger charge is 2.30. The maximum Gasteiger partial charge on any atom is 0.360 e. The van der Waals surface area contributed by atoms with E-state index in [4.69, 9.17) is 10.5 Å². The molecule has 2 N–H and O–H groups in total. The molecule has 1 fully saturated rings. The number of rotatable bonds is 5. The normalized spacial score (nSPS) is 16.6. The molecule has 1 aromatic heterocycles. The number of nitrogen functional groups attached to an aromatic ring is 1. The van der Waals surface area contributed by atoms with Gasteiger partial charge < -0.3 is 15.0 Å². The predicted molar refractivity (Wildman–Crippen MR) is 69.2 cm³/mol. The minimum absolute atomic E-state index is 0.248. The van der Waals surface area contributed by atoms with Crippen LogP contribution >= 0.6 is 0 Å². The minimum atomic E-state index is -0.458. The Kier molecular flexibility index (Phi) is 3.59. The van der Waals surface area contributed by atoms with Gasteiger partial charge in [-0.2, -0.15) is 0 Å². The molecule has 0 spiro atoms. The lowest BCUT2D eigenvalue weighted by Gasteiger charge is -2.14. The molecule has 0 aliphatic heterocycles. The molecule has 0 saturated heterocycles. The Bertz CT molecular complexity index is 449. The molecule has 0 amide bonds. The zero-order chi connectivity index (χ0) is 13.3. The van der Waals surface area contributed by atoms with Gasteiger partial charge in [-0.3, -0.25) is 0 Å². The van der Waals surface area contributed by atoms with Crippen molar-refractivity contribution in [2.45, 2.75) is 39.7 Å². The molecule has 0 aromatic carbocycles. The molecule has 100 valence electrons. The maximum absolute atomic E-state index is 11.6. The van der Waals surface area contributed by atoms with Crippen LogP contribution in [0, 0.1) is 11.8 Å². The van der Waals surface area contributed by atoms with Gasteiger partial charge in [-0.15, -0.1) is 0 Å². The zero-order valence-electron chi connectivity index (χ0n) is 11.3. The molecule has 2 rings (SSSR count). The van der Waals surface area contributed by atoms with Crippen molar-refractivity contribution in [1.82, 2.24) is 9.55 Å². The van der Waals surface area contributed by atoms with E-state index in [0.717, 1.165) is 24.7 Å². The van der Waals surface area contributed by atoms with Gasteiger partial charge in [0.1, 0.15) is 11.6 Å². The summed E-state index contributed by atoms with van der Waals surface area (Å²) in [5, 5.41) is 0. The fourth-order valence-electron chi connectivity index (χ4n) is 2.34. The highest BCUT2D eigenvalue weighted by Crippen LogP contribution is 2.38. The van der Waals surface area contributed by atoms with E-state index in [9.17, 15) is 4.79 Å². The Hall–Kier alpha value is -1.52. The van der Waals surface area contributed by atoms with Gasteiger partial charge in [0.05, 0.1) is 7.11 Å².